The number of para-hydroxylation sites is 2. The van der Waals surface area contributed by atoms with Gasteiger partial charge in [0.25, 0.3) is 0 Å². The van der Waals surface area contributed by atoms with Crippen LogP contribution in [0.1, 0.15) is 23.1 Å². The summed E-state index contributed by atoms with van der Waals surface area (Å²) in [4.78, 5) is 27.7. The molecule has 1 aliphatic heterocycles. The minimum atomic E-state index is -0.657. The van der Waals surface area contributed by atoms with E-state index in [2.05, 4.69) is 16.7 Å². The van der Waals surface area contributed by atoms with Crippen LogP contribution in [0.15, 0.2) is 78.9 Å². The van der Waals surface area contributed by atoms with Gasteiger partial charge in [-0.15, -0.1) is 0 Å². The second kappa shape index (κ2) is 9.14. The molecule has 3 aromatic rings. The van der Waals surface area contributed by atoms with Gasteiger partial charge in [0.05, 0.1) is 18.2 Å². The Kier molecular flexibility index (Phi) is 5.95. The van der Waals surface area contributed by atoms with Crippen molar-refractivity contribution in [3.8, 4) is 6.07 Å². The van der Waals surface area contributed by atoms with E-state index in [1.54, 1.807) is 29.2 Å². The summed E-state index contributed by atoms with van der Waals surface area (Å²) >= 11 is 0. The Labute approximate surface area is 181 Å². The molecule has 0 saturated heterocycles. The van der Waals surface area contributed by atoms with E-state index in [0.29, 0.717) is 30.6 Å². The molecule has 0 aromatic heterocycles. The van der Waals surface area contributed by atoms with Crippen molar-refractivity contribution >= 4 is 23.3 Å². The Hall–Kier alpha value is -4.11. The van der Waals surface area contributed by atoms with Crippen LogP contribution in [0.5, 0.6) is 0 Å². The molecule has 1 atom stereocenters. The highest BCUT2D eigenvalue weighted by molar-refractivity contribution is 6.01. The summed E-state index contributed by atoms with van der Waals surface area (Å²) in [5.41, 5.74) is 3.96. The average molecular weight is 410 g/mol. The maximum Gasteiger partial charge on any atom is 0.319 e. The molecule has 0 aliphatic carbocycles. The van der Waals surface area contributed by atoms with Crippen molar-refractivity contribution in [2.24, 2.45) is 0 Å². The third-order valence-corrected chi connectivity index (χ3v) is 5.28. The highest BCUT2D eigenvalue weighted by atomic mass is 16.2. The molecule has 3 amide bonds. The molecule has 0 fully saturated rings. The molecule has 154 valence electrons. The fourth-order valence-corrected chi connectivity index (χ4v) is 3.78. The van der Waals surface area contributed by atoms with E-state index in [0.717, 1.165) is 16.8 Å². The summed E-state index contributed by atoms with van der Waals surface area (Å²) in [7, 11) is 0. The smallest absolute Gasteiger partial charge is 0.319 e. The number of hydrogen-bond donors (Lipinski definition) is 2. The van der Waals surface area contributed by atoms with Gasteiger partial charge in [-0.25, -0.2) is 4.79 Å². The van der Waals surface area contributed by atoms with E-state index in [4.69, 9.17) is 0 Å². The Balaban J connectivity index is 1.57. The summed E-state index contributed by atoms with van der Waals surface area (Å²) in [6.45, 7) is 0.323. The summed E-state index contributed by atoms with van der Waals surface area (Å²) < 4.78 is 0. The minimum absolute atomic E-state index is 0.171. The van der Waals surface area contributed by atoms with Crippen LogP contribution in [0.4, 0.5) is 16.2 Å². The Bertz CT molecular complexity index is 1140. The second-order valence-corrected chi connectivity index (χ2v) is 7.42. The number of benzene rings is 3. The molecule has 4 rings (SSSR count). The molecule has 3 aromatic carbocycles. The van der Waals surface area contributed by atoms with E-state index in [9.17, 15) is 14.9 Å². The van der Waals surface area contributed by atoms with Gasteiger partial charge in [-0.2, -0.15) is 5.26 Å². The topological polar surface area (TPSA) is 85.2 Å². The van der Waals surface area contributed by atoms with Gasteiger partial charge in [0.1, 0.15) is 6.04 Å². The first-order chi connectivity index (χ1) is 15.1. The number of nitrogens with zero attached hydrogens (tertiary/aromatic N) is 2. The van der Waals surface area contributed by atoms with Gasteiger partial charge in [0.15, 0.2) is 0 Å². The fraction of sp³-hybridized carbons (Fsp3) is 0.160. The van der Waals surface area contributed by atoms with Crippen molar-refractivity contribution < 1.29 is 9.59 Å². The van der Waals surface area contributed by atoms with Gasteiger partial charge in [-0.1, -0.05) is 48.5 Å². The highest BCUT2D eigenvalue weighted by Gasteiger charge is 2.31. The van der Waals surface area contributed by atoms with Crippen LogP contribution < -0.4 is 15.5 Å². The summed E-state index contributed by atoms with van der Waals surface area (Å²) in [6.07, 6.45) is 1.18. The molecular weight excluding hydrogens is 388 g/mol. The van der Waals surface area contributed by atoms with Crippen LogP contribution in [0, 0.1) is 11.3 Å². The molecular formula is C25H22N4O2. The lowest BCUT2D eigenvalue weighted by molar-refractivity contribution is -0.120. The molecule has 1 heterocycles. The zero-order valence-corrected chi connectivity index (χ0v) is 16.9. The van der Waals surface area contributed by atoms with Gasteiger partial charge in [0.2, 0.25) is 5.91 Å². The lowest BCUT2D eigenvalue weighted by Crippen LogP contribution is -2.49. The molecule has 1 aliphatic rings. The predicted octanol–water partition coefficient (Wildman–Crippen LogP) is 4.23. The van der Waals surface area contributed by atoms with Gasteiger partial charge in [-0.05, 0) is 54.3 Å². The van der Waals surface area contributed by atoms with E-state index < -0.39 is 12.1 Å². The molecule has 2 N–H and O–H groups in total. The van der Waals surface area contributed by atoms with Crippen molar-refractivity contribution in [2.75, 3.05) is 10.2 Å². The normalized spacial score (nSPS) is 15.4. The highest BCUT2D eigenvalue weighted by Crippen LogP contribution is 2.28. The maximum atomic E-state index is 13.5. The standard InChI is InChI=1S/C25H22N4O2/c26-16-18-7-6-8-19(15-18)17-29-23-12-5-4-9-20(23)13-14-22(24(29)30)28-25(31)27-21-10-2-1-3-11-21/h1-12,15,22H,13-14,17H2,(H2,27,28,31). The number of carbonyl (C=O) groups excluding carboxylic acids is 2. The fourth-order valence-electron chi connectivity index (χ4n) is 3.78. The number of aryl methyl sites for hydroxylation is 1. The number of rotatable bonds is 4. The van der Waals surface area contributed by atoms with Crippen LogP contribution in [0.3, 0.4) is 0 Å². The number of anilines is 2. The largest absolute Gasteiger partial charge is 0.326 e. The van der Waals surface area contributed by atoms with Crippen molar-refractivity contribution in [3.05, 3.63) is 95.6 Å². The summed E-state index contributed by atoms with van der Waals surface area (Å²) in [5.74, 6) is -0.171. The molecule has 0 bridgehead atoms. The number of amides is 3. The van der Waals surface area contributed by atoms with Crippen LogP contribution >= 0.6 is 0 Å². The van der Waals surface area contributed by atoms with Crippen molar-refractivity contribution in [2.45, 2.75) is 25.4 Å². The molecule has 0 saturated carbocycles. The van der Waals surface area contributed by atoms with Crippen LogP contribution in [0.25, 0.3) is 0 Å². The van der Waals surface area contributed by atoms with Crippen LogP contribution in [-0.4, -0.2) is 18.0 Å². The Morgan fingerprint density at radius 3 is 2.61 bits per heavy atom. The number of fused-ring (bicyclic) bond motifs is 1. The number of nitrogens with one attached hydrogen (secondary N) is 2. The number of urea groups is 1. The summed E-state index contributed by atoms with van der Waals surface area (Å²) in [5, 5.41) is 14.8. The SMILES string of the molecule is N#Cc1cccc(CN2C(=O)C(NC(=O)Nc3ccccc3)CCc3ccccc32)c1. The molecule has 6 heteroatoms. The zero-order valence-electron chi connectivity index (χ0n) is 16.9. The first-order valence-electron chi connectivity index (χ1n) is 10.1. The van der Waals surface area contributed by atoms with Crippen LogP contribution in [0.2, 0.25) is 0 Å². The van der Waals surface area contributed by atoms with E-state index >= 15 is 0 Å². The Morgan fingerprint density at radius 2 is 1.81 bits per heavy atom. The lowest BCUT2D eigenvalue weighted by atomic mass is 10.1. The third-order valence-electron chi connectivity index (χ3n) is 5.28. The minimum Gasteiger partial charge on any atom is -0.326 e. The van der Waals surface area contributed by atoms with Crippen molar-refractivity contribution in [3.63, 3.8) is 0 Å². The Morgan fingerprint density at radius 1 is 1.03 bits per heavy atom. The third kappa shape index (κ3) is 4.73. The maximum absolute atomic E-state index is 13.5. The van der Waals surface area contributed by atoms with E-state index in [1.165, 1.54) is 0 Å². The van der Waals surface area contributed by atoms with Gasteiger partial charge in [0, 0.05) is 11.4 Å². The molecule has 1 unspecified atom stereocenters. The number of hydrogen-bond acceptors (Lipinski definition) is 3. The van der Waals surface area contributed by atoms with Crippen molar-refractivity contribution in [1.82, 2.24) is 5.32 Å². The zero-order chi connectivity index (χ0) is 21.6. The van der Waals surface area contributed by atoms with E-state index in [1.807, 2.05) is 54.6 Å². The van der Waals surface area contributed by atoms with Gasteiger partial charge < -0.3 is 15.5 Å². The first kappa shape index (κ1) is 20.2. The number of carbonyl (C=O) groups is 2. The summed E-state index contributed by atoms with van der Waals surface area (Å²) in [6, 6.07) is 25.2. The predicted molar refractivity (Wildman–Crippen MR) is 119 cm³/mol. The molecule has 0 spiro atoms. The lowest BCUT2D eigenvalue weighted by Gasteiger charge is -2.26. The van der Waals surface area contributed by atoms with Crippen molar-refractivity contribution in [1.29, 1.82) is 5.26 Å². The van der Waals surface area contributed by atoms with E-state index in [-0.39, 0.29) is 5.91 Å². The van der Waals surface area contributed by atoms with Crippen LogP contribution in [-0.2, 0) is 17.8 Å². The average Bonchev–Trinajstić information content (AvgIpc) is 2.92. The first-order valence-corrected chi connectivity index (χ1v) is 10.1. The van der Waals surface area contributed by atoms with Gasteiger partial charge in [-0.3, -0.25) is 4.79 Å². The number of nitriles is 1. The van der Waals surface area contributed by atoms with Gasteiger partial charge >= 0.3 is 6.03 Å². The molecule has 0 radical (unpaired) electrons. The molecule has 31 heavy (non-hydrogen) atoms. The monoisotopic (exact) mass is 410 g/mol. The quantitative estimate of drug-likeness (QED) is 0.675. The second-order valence-electron chi connectivity index (χ2n) is 7.42. The molecule has 6 nitrogen and oxygen atoms in total.